The van der Waals surface area contributed by atoms with Gasteiger partial charge in [-0.15, -0.1) is 0 Å². The van der Waals surface area contributed by atoms with E-state index in [-0.39, 0.29) is 11.6 Å². The van der Waals surface area contributed by atoms with Gasteiger partial charge in [0.15, 0.2) is 0 Å². The number of nitrogens with one attached hydrogen (secondary N) is 2. The van der Waals surface area contributed by atoms with Gasteiger partial charge in [0.25, 0.3) is 5.91 Å². The van der Waals surface area contributed by atoms with Crippen LogP contribution in [0.15, 0.2) is 42.9 Å². The molecule has 2 aliphatic heterocycles. The SMILES string of the molecule is O=C(NNc1ccc(C2CCN(C3COC3)CC2)cc1)c1cnccn1. The fraction of sp³-hybridized carbons (Fsp3) is 0.421. The number of hydrazine groups is 1. The van der Waals surface area contributed by atoms with E-state index in [0.29, 0.717) is 12.0 Å². The number of rotatable bonds is 5. The summed E-state index contributed by atoms with van der Waals surface area (Å²) in [6.07, 6.45) is 6.84. The molecule has 3 heterocycles. The molecule has 2 saturated heterocycles. The number of ether oxygens (including phenoxy) is 1. The Hall–Kier alpha value is -2.51. The first-order valence-corrected chi connectivity index (χ1v) is 9.04. The first kappa shape index (κ1) is 16.9. The molecule has 7 heteroatoms. The fourth-order valence-electron chi connectivity index (χ4n) is 3.48. The third kappa shape index (κ3) is 3.84. The predicted octanol–water partition coefficient (Wildman–Crippen LogP) is 1.81. The van der Waals surface area contributed by atoms with E-state index in [9.17, 15) is 4.79 Å². The lowest BCUT2D eigenvalue weighted by Crippen LogP contribution is -2.51. The molecule has 1 amide bonds. The molecule has 1 aromatic heterocycles. The quantitative estimate of drug-likeness (QED) is 0.798. The summed E-state index contributed by atoms with van der Waals surface area (Å²) in [6.45, 7) is 4.08. The first-order chi connectivity index (χ1) is 12.8. The number of hydrogen-bond donors (Lipinski definition) is 2. The Kier molecular flexibility index (Phi) is 5.08. The number of piperidine rings is 1. The normalized spacial score (nSPS) is 18.9. The lowest BCUT2D eigenvalue weighted by Gasteiger charge is -2.41. The highest BCUT2D eigenvalue weighted by molar-refractivity contribution is 5.92. The number of anilines is 1. The largest absolute Gasteiger partial charge is 0.378 e. The van der Waals surface area contributed by atoms with E-state index in [1.165, 1.54) is 37.0 Å². The molecule has 136 valence electrons. The van der Waals surface area contributed by atoms with Crippen LogP contribution in [0.5, 0.6) is 0 Å². The smallest absolute Gasteiger partial charge is 0.289 e. The molecule has 0 saturated carbocycles. The van der Waals surface area contributed by atoms with Crippen LogP contribution in [0.4, 0.5) is 5.69 Å². The molecule has 0 bridgehead atoms. The first-order valence-electron chi connectivity index (χ1n) is 9.04. The molecule has 2 N–H and O–H groups in total. The van der Waals surface area contributed by atoms with Gasteiger partial charge in [-0.3, -0.25) is 25.5 Å². The van der Waals surface area contributed by atoms with E-state index in [4.69, 9.17) is 4.74 Å². The number of amides is 1. The highest BCUT2D eigenvalue weighted by Crippen LogP contribution is 2.30. The van der Waals surface area contributed by atoms with E-state index in [2.05, 4.69) is 37.9 Å². The molecule has 0 unspecified atom stereocenters. The van der Waals surface area contributed by atoms with Gasteiger partial charge in [0.2, 0.25) is 0 Å². The minimum absolute atomic E-state index is 0.278. The topological polar surface area (TPSA) is 79.4 Å². The summed E-state index contributed by atoms with van der Waals surface area (Å²) in [5.41, 5.74) is 8.04. The Labute approximate surface area is 152 Å². The molecule has 0 aliphatic carbocycles. The second kappa shape index (κ2) is 7.80. The van der Waals surface area contributed by atoms with Crippen LogP contribution >= 0.6 is 0 Å². The number of benzene rings is 1. The van der Waals surface area contributed by atoms with Gasteiger partial charge in [0, 0.05) is 12.4 Å². The summed E-state index contributed by atoms with van der Waals surface area (Å²) in [5, 5.41) is 0. The van der Waals surface area contributed by atoms with Crippen LogP contribution in [0.25, 0.3) is 0 Å². The predicted molar refractivity (Wildman–Crippen MR) is 97.7 cm³/mol. The van der Waals surface area contributed by atoms with E-state index in [0.717, 1.165) is 32.0 Å². The number of carbonyl (C=O) groups excluding carboxylic acids is 1. The van der Waals surface area contributed by atoms with Crippen LogP contribution in [0.1, 0.15) is 34.8 Å². The molecule has 2 fully saturated rings. The summed E-state index contributed by atoms with van der Waals surface area (Å²) in [4.78, 5) is 22.4. The maximum atomic E-state index is 12.0. The highest BCUT2D eigenvalue weighted by Gasteiger charge is 2.29. The fourth-order valence-corrected chi connectivity index (χ4v) is 3.48. The number of carbonyl (C=O) groups is 1. The van der Waals surface area contributed by atoms with Crippen molar-refractivity contribution in [3.8, 4) is 0 Å². The van der Waals surface area contributed by atoms with Gasteiger partial charge in [-0.05, 0) is 49.5 Å². The molecule has 7 nitrogen and oxygen atoms in total. The van der Waals surface area contributed by atoms with Crippen molar-refractivity contribution in [3.63, 3.8) is 0 Å². The van der Waals surface area contributed by atoms with E-state index in [1.54, 1.807) is 0 Å². The van der Waals surface area contributed by atoms with Crippen molar-refractivity contribution in [1.29, 1.82) is 0 Å². The molecule has 4 rings (SSSR count). The highest BCUT2D eigenvalue weighted by atomic mass is 16.5. The average molecular weight is 353 g/mol. The van der Waals surface area contributed by atoms with Gasteiger partial charge >= 0.3 is 0 Å². The second-order valence-electron chi connectivity index (χ2n) is 6.79. The molecular weight excluding hydrogens is 330 g/mol. The van der Waals surface area contributed by atoms with Gasteiger partial charge in [0.05, 0.1) is 31.1 Å². The van der Waals surface area contributed by atoms with E-state index in [1.807, 2.05) is 12.1 Å². The van der Waals surface area contributed by atoms with Crippen LogP contribution in [0.3, 0.4) is 0 Å². The molecule has 0 radical (unpaired) electrons. The molecule has 2 aliphatic rings. The molecular formula is C19H23N5O2. The van der Waals surface area contributed by atoms with Crippen molar-refractivity contribution in [1.82, 2.24) is 20.3 Å². The van der Waals surface area contributed by atoms with Crippen molar-refractivity contribution >= 4 is 11.6 Å². The Bertz CT molecular complexity index is 725. The summed E-state index contributed by atoms with van der Waals surface area (Å²) >= 11 is 0. The standard InChI is InChI=1S/C19H23N5O2/c25-19(18-11-20-7-8-21-18)23-22-16-3-1-14(2-4-16)15-5-9-24(10-6-15)17-12-26-13-17/h1-4,7-8,11,15,17,22H,5-6,9-10,12-13H2,(H,23,25). The Balaban J connectivity index is 1.28. The van der Waals surface area contributed by atoms with Gasteiger partial charge in [-0.2, -0.15) is 0 Å². The minimum atomic E-state index is -0.311. The van der Waals surface area contributed by atoms with Crippen LogP contribution < -0.4 is 10.9 Å². The van der Waals surface area contributed by atoms with Crippen molar-refractivity contribution in [2.75, 3.05) is 31.7 Å². The Morgan fingerprint density at radius 2 is 1.88 bits per heavy atom. The van der Waals surface area contributed by atoms with Crippen LogP contribution in [0.2, 0.25) is 0 Å². The third-order valence-electron chi connectivity index (χ3n) is 5.16. The summed E-state index contributed by atoms with van der Waals surface area (Å²) < 4.78 is 5.29. The molecule has 26 heavy (non-hydrogen) atoms. The van der Waals surface area contributed by atoms with Gasteiger partial charge in [-0.25, -0.2) is 4.98 Å². The summed E-state index contributed by atoms with van der Waals surface area (Å²) in [7, 11) is 0. The van der Waals surface area contributed by atoms with Gasteiger partial charge in [0.1, 0.15) is 5.69 Å². The van der Waals surface area contributed by atoms with Gasteiger partial charge in [-0.1, -0.05) is 12.1 Å². The van der Waals surface area contributed by atoms with Crippen LogP contribution in [-0.2, 0) is 4.74 Å². The van der Waals surface area contributed by atoms with Crippen LogP contribution in [-0.4, -0.2) is 53.1 Å². The zero-order valence-corrected chi connectivity index (χ0v) is 14.6. The zero-order valence-electron chi connectivity index (χ0n) is 14.6. The second-order valence-corrected chi connectivity index (χ2v) is 6.79. The number of likely N-dealkylation sites (tertiary alicyclic amines) is 1. The molecule has 0 spiro atoms. The number of nitrogens with zero attached hydrogens (tertiary/aromatic N) is 3. The van der Waals surface area contributed by atoms with Crippen molar-refractivity contribution in [2.45, 2.75) is 24.8 Å². The van der Waals surface area contributed by atoms with E-state index >= 15 is 0 Å². The lowest BCUT2D eigenvalue weighted by atomic mass is 9.88. The molecule has 1 aromatic carbocycles. The summed E-state index contributed by atoms with van der Waals surface area (Å²) in [5.74, 6) is 0.296. The number of hydrogen-bond acceptors (Lipinski definition) is 6. The van der Waals surface area contributed by atoms with E-state index < -0.39 is 0 Å². The van der Waals surface area contributed by atoms with Crippen molar-refractivity contribution < 1.29 is 9.53 Å². The Morgan fingerprint density at radius 3 is 2.50 bits per heavy atom. The summed E-state index contributed by atoms with van der Waals surface area (Å²) in [6, 6.07) is 8.92. The van der Waals surface area contributed by atoms with Crippen molar-refractivity contribution in [3.05, 3.63) is 54.1 Å². The third-order valence-corrected chi connectivity index (χ3v) is 5.16. The van der Waals surface area contributed by atoms with Crippen LogP contribution in [0, 0.1) is 0 Å². The molecule has 0 atom stereocenters. The zero-order chi connectivity index (χ0) is 17.8. The maximum absolute atomic E-state index is 12.0. The van der Waals surface area contributed by atoms with Gasteiger partial charge < -0.3 is 4.74 Å². The number of aromatic nitrogens is 2. The monoisotopic (exact) mass is 353 g/mol. The minimum Gasteiger partial charge on any atom is -0.378 e. The average Bonchev–Trinajstić information content (AvgIpc) is 2.66. The lowest BCUT2D eigenvalue weighted by molar-refractivity contribution is -0.0712. The maximum Gasteiger partial charge on any atom is 0.289 e. The van der Waals surface area contributed by atoms with Crippen molar-refractivity contribution in [2.24, 2.45) is 0 Å². The Morgan fingerprint density at radius 1 is 1.12 bits per heavy atom. The molecule has 2 aromatic rings.